The normalized spacial score (nSPS) is 17.0. The standard InChI is InChI=1S/C19H18Cl2F3N3O/c20-14-4-1-12(16(21)9-14)2-6-18(28)26-15-7-8-27(11-15)17-5-3-13(10-25-17)19(22,23)24/h1,3-5,9-10,15H,2,6-8,11H2,(H,26,28). The zero-order chi connectivity index (χ0) is 20.3. The fourth-order valence-corrected chi connectivity index (χ4v) is 3.60. The van der Waals surface area contributed by atoms with E-state index in [9.17, 15) is 18.0 Å². The molecule has 0 saturated carbocycles. The van der Waals surface area contributed by atoms with Crippen LogP contribution in [-0.4, -0.2) is 30.0 Å². The van der Waals surface area contributed by atoms with E-state index in [-0.39, 0.29) is 18.4 Å². The number of carbonyl (C=O) groups is 1. The SMILES string of the molecule is O=C(CCc1ccc(Cl)cc1Cl)NC1CCN(c2ccc(C(F)(F)F)cn2)C1. The molecule has 1 aliphatic rings. The first kappa shape index (κ1) is 20.7. The summed E-state index contributed by atoms with van der Waals surface area (Å²) < 4.78 is 37.9. The summed E-state index contributed by atoms with van der Waals surface area (Å²) in [6.45, 7) is 1.12. The summed E-state index contributed by atoms with van der Waals surface area (Å²) in [5, 5.41) is 4.03. The number of hydrogen-bond donors (Lipinski definition) is 1. The number of aromatic nitrogens is 1. The zero-order valence-electron chi connectivity index (χ0n) is 14.8. The zero-order valence-corrected chi connectivity index (χ0v) is 16.3. The Kier molecular flexibility index (Phi) is 6.35. The highest BCUT2D eigenvalue weighted by Crippen LogP contribution is 2.30. The van der Waals surface area contributed by atoms with Gasteiger partial charge in [0.2, 0.25) is 5.91 Å². The van der Waals surface area contributed by atoms with E-state index in [1.807, 2.05) is 4.90 Å². The van der Waals surface area contributed by atoms with Crippen LogP contribution in [0.5, 0.6) is 0 Å². The molecule has 2 aromatic rings. The second-order valence-corrected chi connectivity index (χ2v) is 7.48. The lowest BCUT2D eigenvalue weighted by molar-refractivity contribution is -0.137. The second kappa shape index (κ2) is 8.57. The Hall–Kier alpha value is -1.99. The van der Waals surface area contributed by atoms with E-state index in [0.29, 0.717) is 41.8 Å². The Morgan fingerprint density at radius 2 is 2.04 bits per heavy atom. The first-order chi connectivity index (χ1) is 13.2. The van der Waals surface area contributed by atoms with Gasteiger partial charge in [-0.15, -0.1) is 0 Å². The minimum Gasteiger partial charge on any atom is -0.354 e. The Morgan fingerprint density at radius 1 is 1.25 bits per heavy atom. The number of nitrogens with one attached hydrogen (secondary N) is 1. The number of hydrogen-bond acceptors (Lipinski definition) is 3. The lowest BCUT2D eigenvalue weighted by atomic mass is 10.1. The molecule has 1 N–H and O–H groups in total. The van der Waals surface area contributed by atoms with Crippen molar-refractivity contribution in [2.75, 3.05) is 18.0 Å². The van der Waals surface area contributed by atoms with Crippen molar-refractivity contribution in [1.29, 1.82) is 0 Å². The van der Waals surface area contributed by atoms with Crippen LogP contribution in [-0.2, 0) is 17.4 Å². The smallest absolute Gasteiger partial charge is 0.354 e. The van der Waals surface area contributed by atoms with Gasteiger partial charge in [-0.25, -0.2) is 4.98 Å². The number of halogens is 5. The van der Waals surface area contributed by atoms with Crippen LogP contribution < -0.4 is 10.2 Å². The minimum atomic E-state index is -4.40. The molecule has 4 nitrogen and oxygen atoms in total. The van der Waals surface area contributed by atoms with Gasteiger partial charge in [0.25, 0.3) is 0 Å². The molecule has 0 radical (unpaired) electrons. The van der Waals surface area contributed by atoms with Gasteiger partial charge in [0, 0.05) is 41.8 Å². The summed E-state index contributed by atoms with van der Waals surface area (Å²) in [5.41, 5.74) is 0.0735. The Balaban J connectivity index is 1.49. The third-order valence-corrected chi connectivity index (χ3v) is 5.18. The quantitative estimate of drug-likeness (QED) is 0.743. The molecular formula is C19H18Cl2F3N3O. The summed E-state index contributed by atoms with van der Waals surface area (Å²) >= 11 is 12.0. The van der Waals surface area contributed by atoms with E-state index in [1.165, 1.54) is 6.07 Å². The van der Waals surface area contributed by atoms with E-state index in [4.69, 9.17) is 23.2 Å². The predicted molar refractivity (Wildman–Crippen MR) is 103 cm³/mol. The van der Waals surface area contributed by atoms with Crippen molar-refractivity contribution in [2.45, 2.75) is 31.5 Å². The van der Waals surface area contributed by atoms with Gasteiger partial charge in [0.1, 0.15) is 5.82 Å². The summed E-state index contributed by atoms with van der Waals surface area (Å²) in [6, 6.07) is 7.47. The molecule has 1 aromatic carbocycles. The summed E-state index contributed by atoms with van der Waals surface area (Å²) in [4.78, 5) is 18.0. The number of rotatable bonds is 5. The van der Waals surface area contributed by atoms with Crippen molar-refractivity contribution in [3.8, 4) is 0 Å². The molecule has 0 aliphatic carbocycles. The van der Waals surface area contributed by atoms with Crippen LogP contribution >= 0.6 is 23.2 Å². The van der Waals surface area contributed by atoms with Crippen LogP contribution in [0.25, 0.3) is 0 Å². The third-order valence-electron chi connectivity index (χ3n) is 4.59. The number of anilines is 1. The van der Waals surface area contributed by atoms with Crippen molar-refractivity contribution in [3.05, 3.63) is 57.7 Å². The molecule has 2 heterocycles. The van der Waals surface area contributed by atoms with Gasteiger partial charge in [-0.05, 0) is 42.7 Å². The van der Waals surface area contributed by atoms with Crippen LogP contribution in [0.2, 0.25) is 10.0 Å². The fraction of sp³-hybridized carbons (Fsp3) is 0.368. The number of amides is 1. The number of pyridine rings is 1. The first-order valence-corrected chi connectivity index (χ1v) is 9.49. The Labute approximate surface area is 170 Å². The first-order valence-electron chi connectivity index (χ1n) is 8.74. The summed E-state index contributed by atoms with van der Waals surface area (Å²) in [5.74, 6) is 0.371. The molecule has 9 heteroatoms. The molecule has 0 bridgehead atoms. The number of aryl methyl sites for hydroxylation is 1. The third kappa shape index (κ3) is 5.29. The highest BCUT2D eigenvalue weighted by atomic mass is 35.5. The molecule has 3 rings (SSSR count). The predicted octanol–water partition coefficient (Wildman–Crippen LogP) is 4.73. The van der Waals surface area contributed by atoms with Crippen LogP contribution in [0.15, 0.2) is 36.5 Å². The fourth-order valence-electron chi connectivity index (χ4n) is 3.10. The highest BCUT2D eigenvalue weighted by molar-refractivity contribution is 6.35. The molecule has 1 aliphatic heterocycles. The lowest BCUT2D eigenvalue weighted by Crippen LogP contribution is -2.37. The van der Waals surface area contributed by atoms with Gasteiger partial charge in [0.05, 0.1) is 5.56 Å². The molecule has 1 amide bonds. The topological polar surface area (TPSA) is 45.2 Å². The maximum Gasteiger partial charge on any atom is 0.417 e. The van der Waals surface area contributed by atoms with E-state index in [0.717, 1.165) is 17.8 Å². The van der Waals surface area contributed by atoms with Crippen molar-refractivity contribution < 1.29 is 18.0 Å². The van der Waals surface area contributed by atoms with E-state index >= 15 is 0 Å². The van der Waals surface area contributed by atoms with Crippen molar-refractivity contribution in [2.24, 2.45) is 0 Å². The van der Waals surface area contributed by atoms with Gasteiger partial charge in [-0.2, -0.15) is 13.2 Å². The van der Waals surface area contributed by atoms with E-state index < -0.39 is 11.7 Å². The average Bonchev–Trinajstić information content (AvgIpc) is 3.09. The molecular weight excluding hydrogens is 414 g/mol. The lowest BCUT2D eigenvalue weighted by Gasteiger charge is -2.18. The Morgan fingerprint density at radius 3 is 2.68 bits per heavy atom. The van der Waals surface area contributed by atoms with Crippen LogP contribution in [0.3, 0.4) is 0 Å². The highest BCUT2D eigenvalue weighted by Gasteiger charge is 2.31. The van der Waals surface area contributed by atoms with Crippen LogP contribution in [0.4, 0.5) is 19.0 Å². The van der Waals surface area contributed by atoms with Gasteiger partial charge in [-0.1, -0.05) is 29.3 Å². The summed E-state index contributed by atoms with van der Waals surface area (Å²) in [7, 11) is 0. The maximum absolute atomic E-state index is 12.6. The van der Waals surface area contributed by atoms with Gasteiger partial charge in [-0.3, -0.25) is 4.79 Å². The molecule has 1 unspecified atom stereocenters. The molecule has 0 spiro atoms. The monoisotopic (exact) mass is 431 g/mol. The molecule has 1 saturated heterocycles. The van der Waals surface area contributed by atoms with Crippen LogP contribution in [0, 0.1) is 0 Å². The summed E-state index contributed by atoms with van der Waals surface area (Å²) in [6.07, 6.45) is -2.08. The maximum atomic E-state index is 12.6. The number of nitrogens with zero attached hydrogens (tertiary/aromatic N) is 2. The van der Waals surface area contributed by atoms with Crippen LogP contribution in [0.1, 0.15) is 24.0 Å². The molecule has 1 aromatic heterocycles. The van der Waals surface area contributed by atoms with Crippen molar-refractivity contribution in [3.63, 3.8) is 0 Å². The number of carbonyl (C=O) groups excluding carboxylic acids is 1. The van der Waals surface area contributed by atoms with Crippen molar-refractivity contribution in [1.82, 2.24) is 10.3 Å². The second-order valence-electron chi connectivity index (χ2n) is 6.64. The average molecular weight is 432 g/mol. The molecule has 1 atom stereocenters. The Bertz CT molecular complexity index is 843. The van der Waals surface area contributed by atoms with Gasteiger partial charge >= 0.3 is 6.18 Å². The number of benzene rings is 1. The van der Waals surface area contributed by atoms with E-state index in [1.54, 1.807) is 18.2 Å². The number of alkyl halides is 3. The largest absolute Gasteiger partial charge is 0.417 e. The van der Waals surface area contributed by atoms with Gasteiger partial charge < -0.3 is 10.2 Å². The van der Waals surface area contributed by atoms with E-state index in [2.05, 4.69) is 10.3 Å². The molecule has 28 heavy (non-hydrogen) atoms. The van der Waals surface area contributed by atoms with Gasteiger partial charge in [0.15, 0.2) is 0 Å². The molecule has 150 valence electrons. The molecule has 1 fully saturated rings. The van der Waals surface area contributed by atoms with Crippen molar-refractivity contribution >= 4 is 34.9 Å². The minimum absolute atomic E-state index is 0.0720.